The minimum Gasteiger partial charge on any atom is -0.369 e. The molecule has 0 fully saturated rings. The van der Waals surface area contributed by atoms with Crippen molar-refractivity contribution in [3.05, 3.63) is 22.8 Å². The molecule has 1 aliphatic carbocycles. The number of amides is 1. The Kier molecular flexibility index (Phi) is 5.25. The summed E-state index contributed by atoms with van der Waals surface area (Å²) in [5.41, 5.74) is 4.44. The van der Waals surface area contributed by atoms with Crippen LogP contribution in [0, 0.1) is 0 Å². The van der Waals surface area contributed by atoms with Gasteiger partial charge in [0.25, 0.3) is 0 Å². The van der Waals surface area contributed by atoms with Crippen LogP contribution in [0.5, 0.6) is 0 Å². The van der Waals surface area contributed by atoms with E-state index in [1.165, 1.54) is 19.1 Å². The van der Waals surface area contributed by atoms with Crippen LogP contribution in [0.15, 0.2) is 22.8 Å². The highest BCUT2D eigenvalue weighted by Gasteiger charge is 2.36. The van der Waals surface area contributed by atoms with Gasteiger partial charge in [-0.2, -0.15) is 0 Å². The first-order chi connectivity index (χ1) is 10.0. The zero-order valence-corrected chi connectivity index (χ0v) is 13.2. The summed E-state index contributed by atoms with van der Waals surface area (Å²) in [7, 11) is -8.47. The van der Waals surface area contributed by atoms with Gasteiger partial charge >= 0.3 is 5.12 Å². The van der Waals surface area contributed by atoms with Crippen LogP contribution in [-0.4, -0.2) is 39.4 Å². The molecule has 3 N–H and O–H groups in total. The van der Waals surface area contributed by atoms with Gasteiger partial charge in [-0.3, -0.25) is 19.1 Å². The summed E-state index contributed by atoms with van der Waals surface area (Å²) in [6, 6.07) is 0. The number of carbonyl (C=O) groups is 3. The van der Waals surface area contributed by atoms with E-state index in [9.17, 15) is 31.2 Å². The predicted octanol–water partition coefficient (Wildman–Crippen LogP) is -1.52. The lowest BCUT2D eigenvalue weighted by molar-refractivity contribution is -0.134. The van der Waals surface area contributed by atoms with Gasteiger partial charge in [-0.15, -0.1) is 0 Å². The molecule has 0 aromatic carbocycles. The van der Waals surface area contributed by atoms with E-state index in [1.807, 2.05) is 4.72 Å². The van der Waals surface area contributed by atoms with Crippen molar-refractivity contribution in [2.75, 3.05) is 5.75 Å². The van der Waals surface area contributed by atoms with Crippen LogP contribution >= 0.6 is 0 Å². The molecule has 9 nitrogen and oxygen atoms in total. The number of sulfone groups is 1. The molecular formula is C11H14N2O7S2. The van der Waals surface area contributed by atoms with Crippen molar-refractivity contribution in [3.63, 3.8) is 0 Å². The standard InChI is InChI=1S/C11H14N2O7S2/c1-2-21(17,18)13-7-4-3-5-9(7)22(19,20)11(16)8(14)6-10(12)15/h3-4,13H,2,5-6H2,1H3,(H2,12,15). The summed E-state index contributed by atoms with van der Waals surface area (Å²) in [5.74, 6) is -2.91. The molecule has 0 aliphatic heterocycles. The number of hydrogen-bond donors (Lipinski definition) is 2. The van der Waals surface area contributed by atoms with Crippen LogP contribution in [0.2, 0.25) is 0 Å². The molecule has 0 unspecified atom stereocenters. The van der Waals surface area contributed by atoms with Gasteiger partial charge in [0.05, 0.1) is 22.8 Å². The number of rotatable bonds is 7. The lowest BCUT2D eigenvalue weighted by Gasteiger charge is -2.09. The van der Waals surface area contributed by atoms with E-state index >= 15 is 0 Å². The van der Waals surface area contributed by atoms with Gasteiger partial charge < -0.3 is 5.73 Å². The molecule has 1 rings (SSSR count). The first-order valence-electron chi connectivity index (χ1n) is 6.02. The fraction of sp³-hybridized carbons (Fsp3) is 0.364. The normalized spacial score (nSPS) is 15.0. The lowest BCUT2D eigenvalue weighted by Crippen LogP contribution is -2.31. The van der Waals surface area contributed by atoms with E-state index in [0.29, 0.717) is 0 Å². The Labute approximate surface area is 127 Å². The number of sulfonamides is 1. The smallest absolute Gasteiger partial charge is 0.317 e. The Morgan fingerprint density at radius 3 is 2.32 bits per heavy atom. The Hall–Kier alpha value is -2.01. The number of hydrogen-bond acceptors (Lipinski definition) is 7. The third kappa shape index (κ3) is 4.01. The molecule has 0 radical (unpaired) electrons. The third-order valence-electron chi connectivity index (χ3n) is 2.66. The molecule has 0 saturated carbocycles. The molecule has 1 amide bonds. The van der Waals surface area contributed by atoms with Crippen molar-refractivity contribution in [3.8, 4) is 0 Å². The van der Waals surface area contributed by atoms with E-state index in [0.717, 1.165) is 0 Å². The van der Waals surface area contributed by atoms with Crippen LogP contribution < -0.4 is 10.5 Å². The first-order valence-corrected chi connectivity index (χ1v) is 9.15. The van der Waals surface area contributed by atoms with Crippen molar-refractivity contribution in [1.82, 2.24) is 4.72 Å². The first kappa shape index (κ1) is 18.0. The Morgan fingerprint density at radius 2 is 1.82 bits per heavy atom. The molecule has 0 aromatic rings. The van der Waals surface area contributed by atoms with E-state index in [-0.39, 0.29) is 17.9 Å². The van der Waals surface area contributed by atoms with E-state index in [4.69, 9.17) is 5.73 Å². The second-order valence-electron chi connectivity index (χ2n) is 4.31. The number of allylic oxidation sites excluding steroid dienone is 3. The molecule has 0 atom stereocenters. The maximum Gasteiger partial charge on any atom is 0.317 e. The highest BCUT2D eigenvalue weighted by molar-refractivity contribution is 8.11. The van der Waals surface area contributed by atoms with Crippen LogP contribution in [0.4, 0.5) is 0 Å². The minimum atomic E-state index is -4.72. The summed E-state index contributed by atoms with van der Waals surface area (Å²) in [5, 5.41) is -1.79. The summed E-state index contributed by atoms with van der Waals surface area (Å²) in [4.78, 5) is 33.1. The zero-order chi connectivity index (χ0) is 17.1. The van der Waals surface area contributed by atoms with Gasteiger partial charge in [0.2, 0.25) is 31.6 Å². The average Bonchev–Trinajstić information content (AvgIpc) is 2.85. The highest BCUT2D eigenvalue weighted by Crippen LogP contribution is 2.24. The summed E-state index contributed by atoms with van der Waals surface area (Å²) >= 11 is 0. The van der Waals surface area contributed by atoms with Crippen molar-refractivity contribution >= 4 is 36.7 Å². The van der Waals surface area contributed by atoms with Gasteiger partial charge in [-0.25, -0.2) is 16.8 Å². The molecule has 1 aliphatic rings. The van der Waals surface area contributed by atoms with Crippen LogP contribution in [0.25, 0.3) is 0 Å². The van der Waals surface area contributed by atoms with Crippen molar-refractivity contribution in [2.45, 2.75) is 19.8 Å². The molecule has 0 saturated heterocycles. The van der Waals surface area contributed by atoms with Crippen molar-refractivity contribution in [2.24, 2.45) is 5.73 Å². The van der Waals surface area contributed by atoms with Crippen LogP contribution in [0.3, 0.4) is 0 Å². The molecule has 0 aromatic heterocycles. The minimum absolute atomic E-state index is 0.237. The number of nitrogens with two attached hydrogens (primary N) is 1. The maximum atomic E-state index is 12.1. The highest BCUT2D eigenvalue weighted by atomic mass is 32.2. The Morgan fingerprint density at radius 1 is 1.23 bits per heavy atom. The molecule has 0 heterocycles. The number of Topliss-reactive ketones (excluding diaryl/α,β-unsaturated/α-hetero) is 1. The topological polar surface area (TPSA) is 158 Å². The molecule has 122 valence electrons. The largest absolute Gasteiger partial charge is 0.369 e. The van der Waals surface area contributed by atoms with Crippen molar-refractivity contribution < 1.29 is 31.2 Å². The quantitative estimate of drug-likeness (QED) is 0.417. The van der Waals surface area contributed by atoms with Gasteiger partial charge in [-0.1, -0.05) is 6.08 Å². The number of ketones is 1. The zero-order valence-electron chi connectivity index (χ0n) is 11.5. The maximum absolute atomic E-state index is 12.1. The van der Waals surface area contributed by atoms with Crippen LogP contribution in [-0.2, 0) is 34.2 Å². The third-order valence-corrected chi connectivity index (χ3v) is 5.71. The monoisotopic (exact) mass is 350 g/mol. The second kappa shape index (κ2) is 6.40. The Bertz CT molecular complexity index is 788. The number of nitrogens with one attached hydrogen (secondary N) is 1. The lowest BCUT2D eigenvalue weighted by atomic mass is 10.3. The van der Waals surface area contributed by atoms with Crippen LogP contribution in [0.1, 0.15) is 19.8 Å². The van der Waals surface area contributed by atoms with E-state index in [2.05, 4.69) is 0 Å². The Balaban J connectivity index is 3.18. The second-order valence-corrected chi connectivity index (χ2v) is 8.19. The summed E-state index contributed by atoms with van der Waals surface area (Å²) in [6.07, 6.45) is 1.24. The molecule has 22 heavy (non-hydrogen) atoms. The molecule has 0 bridgehead atoms. The number of primary amides is 1. The fourth-order valence-electron chi connectivity index (χ4n) is 1.56. The molecule has 0 spiro atoms. The SMILES string of the molecule is CCS(=O)(=O)NC1=C(S(=O)(=O)C(=O)C(=O)CC(N)=O)CC=C1. The predicted molar refractivity (Wildman–Crippen MR) is 76.1 cm³/mol. The van der Waals surface area contributed by atoms with E-state index < -0.39 is 48.0 Å². The fourth-order valence-corrected chi connectivity index (χ4v) is 3.62. The van der Waals surface area contributed by atoms with Gasteiger partial charge in [0.15, 0.2) is 0 Å². The van der Waals surface area contributed by atoms with Gasteiger partial charge in [-0.05, 0) is 13.0 Å². The van der Waals surface area contributed by atoms with E-state index in [1.54, 1.807) is 0 Å². The van der Waals surface area contributed by atoms with Crippen molar-refractivity contribution in [1.29, 1.82) is 0 Å². The summed E-state index contributed by atoms with van der Waals surface area (Å²) < 4.78 is 49.2. The number of carbonyl (C=O) groups excluding carboxylic acids is 3. The van der Waals surface area contributed by atoms with Gasteiger partial charge in [0, 0.05) is 6.42 Å². The van der Waals surface area contributed by atoms with Gasteiger partial charge in [0.1, 0.15) is 0 Å². The molecular weight excluding hydrogens is 336 g/mol. The average molecular weight is 350 g/mol. The summed E-state index contributed by atoms with van der Waals surface area (Å²) in [6.45, 7) is 1.34. The molecule has 11 heteroatoms.